The third-order valence-electron chi connectivity index (χ3n) is 11.4. The number of ether oxygens (including phenoxy) is 1. The van der Waals surface area contributed by atoms with E-state index in [1.807, 2.05) is 42.7 Å². The Hall–Kier alpha value is -4.45. The largest absolute Gasteiger partial charge is 0.453 e. The van der Waals surface area contributed by atoms with Crippen molar-refractivity contribution in [2.45, 2.75) is 103 Å². The minimum atomic E-state index is -0.690. The zero-order valence-electron chi connectivity index (χ0n) is 31.6. The van der Waals surface area contributed by atoms with Crippen molar-refractivity contribution in [1.29, 1.82) is 0 Å². The molecule has 5 heterocycles. The Bertz CT molecular complexity index is 1960. The van der Waals surface area contributed by atoms with Crippen LogP contribution < -0.4 is 10.6 Å². The third-order valence-corrected chi connectivity index (χ3v) is 11.4. The van der Waals surface area contributed by atoms with Crippen LogP contribution in [0.4, 0.5) is 4.79 Å². The molecule has 0 saturated carbocycles. The summed E-state index contributed by atoms with van der Waals surface area (Å²) in [5.74, 6) is 1.79. The summed E-state index contributed by atoms with van der Waals surface area (Å²) >= 11 is 0. The number of benzene rings is 2. The van der Waals surface area contributed by atoms with Gasteiger partial charge in [0.05, 0.1) is 41.3 Å². The van der Waals surface area contributed by atoms with E-state index in [0.29, 0.717) is 6.54 Å². The number of carbonyl (C=O) groups excluding carboxylic acids is 3. The average Bonchev–Trinajstić information content (AvgIpc) is 3.97. The van der Waals surface area contributed by atoms with Crippen molar-refractivity contribution < 1.29 is 20.5 Å². The maximum Gasteiger partial charge on any atom is 0.407 e. The number of rotatable bonds is 9. The third kappa shape index (κ3) is 6.82. The highest BCUT2D eigenvalue weighted by Gasteiger charge is 2.38. The van der Waals surface area contributed by atoms with Gasteiger partial charge in [-0.25, -0.2) is 14.8 Å². The number of hydrogen-bond donors (Lipinski definition) is 4. The quantitative estimate of drug-likeness (QED) is 0.154. The fourth-order valence-electron chi connectivity index (χ4n) is 8.07. The molecule has 6 unspecified atom stereocenters. The van der Waals surface area contributed by atoms with Crippen LogP contribution in [0.2, 0.25) is 1.41 Å². The fraction of sp³-hybridized carbons (Fsp3) is 0.564. The van der Waals surface area contributed by atoms with Gasteiger partial charge in [-0.1, -0.05) is 46.8 Å². The molecule has 2 aromatic heterocycles. The van der Waals surface area contributed by atoms with Gasteiger partial charge in [-0.2, -0.15) is 0 Å². The second-order valence-electron chi connectivity index (χ2n) is 15.3. The van der Waals surface area contributed by atoms with E-state index in [2.05, 4.69) is 53.4 Å². The van der Waals surface area contributed by atoms with Crippen molar-refractivity contribution in [2.75, 3.05) is 20.2 Å². The van der Waals surface area contributed by atoms with Gasteiger partial charge in [-0.3, -0.25) is 9.59 Å². The Morgan fingerprint density at radius 1 is 0.784 bits per heavy atom. The lowest BCUT2D eigenvalue weighted by Gasteiger charge is -2.29. The summed E-state index contributed by atoms with van der Waals surface area (Å²) in [6.07, 6.45) is 4.57. The van der Waals surface area contributed by atoms with Gasteiger partial charge in [-0.05, 0) is 85.8 Å². The molecule has 3 fully saturated rings. The Labute approximate surface area is 300 Å². The molecule has 0 aliphatic carbocycles. The Kier molecular flexibility index (Phi) is 9.43. The molecule has 0 bridgehead atoms. The Morgan fingerprint density at radius 2 is 1.29 bits per heavy atom. The number of methoxy groups -OCH3 is 1. The standard InChI is InChI=1S/C39H52N8O4/c1-21(2)23(5)37(48)46-17-7-9-32(46)35-41-28-13-11-24(19-30(28)43-35)26-15-16-27(40-26)25-12-14-29-31(20-25)44-36(42-29)33-10-8-18-47(33)38(49)34(22(3)4)45-39(50)51-6/h11-14,19-23,26-27,32-34,40H,7-10,15-18H2,1-6H3,(H,41,43)(H,42,44)(H,45,50)/i/hD. The maximum atomic E-state index is 13.6. The number of aromatic amines is 2. The number of imidazole rings is 2. The lowest BCUT2D eigenvalue weighted by atomic mass is 9.96. The minimum absolute atomic E-state index is 0.0276. The van der Waals surface area contributed by atoms with Crippen molar-refractivity contribution in [1.82, 2.24) is 40.4 Å². The van der Waals surface area contributed by atoms with Crippen LogP contribution in [-0.4, -0.2) is 73.9 Å². The topological polar surface area (TPSA) is 148 Å². The summed E-state index contributed by atoms with van der Waals surface area (Å²) in [6.45, 7) is 11.4. The lowest BCUT2D eigenvalue weighted by Crippen LogP contribution is -2.51. The molecule has 6 atom stereocenters. The first kappa shape index (κ1) is 33.7. The number of amides is 3. The molecule has 12 heteroatoms. The van der Waals surface area contributed by atoms with Crippen LogP contribution in [0.5, 0.6) is 0 Å². The highest BCUT2D eigenvalue weighted by atomic mass is 16.5. The van der Waals surface area contributed by atoms with E-state index in [-0.39, 0.29) is 53.7 Å². The van der Waals surface area contributed by atoms with Crippen LogP contribution in [-0.2, 0) is 14.3 Å². The molecule has 12 nitrogen and oxygen atoms in total. The number of nitrogens with zero attached hydrogens (tertiary/aromatic N) is 4. The van der Waals surface area contributed by atoms with E-state index in [1.54, 1.807) is 5.31 Å². The second kappa shape index (κ2) is 14.3. The molecule has 3 amide bonds. The van der Waals surface area contributed by atoms with Crippen molar-refractivity contribution in [3.8, 4) is 0 Å². The number of fused-ring (bicyclic) bond motifs is 2. The monoisotopic (exact) mass is 697 g/mol. The first-order chi connectivity index (χ1) is 24.9. The normalized spacial score (nSPS) is 24.2. The zero-order chi connectivity index (χ0) is 36.8. The van der Waals surface area contributed by atoms with Gasteiger partial charge in [0, 0.05) is 31.1 Å². The zero-order valence-corrected chi connectivity index (χ0v) is 30.6. The summed E-state index contributed by atoms with van der Waals surface area (Å²) in [4.78, 5) is 59.6. The van der Waals surface area contributed by atoms with Gasteiger partial charge in [0.15, 0.2) is 0 Å². The van der Waals surface area contributed by atoms with Crippen LogP contribution in [0.3, 0.4) is 0 Å². The second-order valence-corrected chi connectivity index (χ2v) is 15.3. The first-order valence-corrected chi connectivity index (χ1v) is 18.7. The Balaban J connectivity index is 1.06. The molecule has 0 spiro atoms. The van der Waals surface area contributed by atoms with Gasteiger partial charge in [-0.15, -0.1) is 0 Å². The Morgan fingerprint density at radius 3 is 1.76 bits per heavy atom. The minimum Gasteiger partial charge on any atom is -0.453 e. The molecular weight excluding hydrogens is 644 g/mol. The van der Waals surface area contributed by atoms with Gasteiger partial charge in [0.1, 0.15) is 19.1 Å². The molecule has 3 saturated heterocycles. The molecule has 3 aliphatic heterocycles. The summed E-state index contributed by atoms with van der Waals surface area (Å²) in [5.41, 5.74) is 5.64. The molecule has 0 radical (unpaired) electrons. The summed E-state index contributed by atoms with van der Waals surface area (Å²) in [5, 5.41) is 4.43. The van der Waals surface area contributed by atoms with E-state index in [0.717, 1.165) is 89.9 Å². The van der Waals surface area contributed by atoms with Gasteiger partial charge >= 0.3 is 6.09 Å². The highest BCUT2D eigenvalue weighted by molar-refractivity contribution is 5.86. The maximum absolute atomic E-state index is 13.6. The molecule has 4 aromatic rings. The molecule has 7 rings (SSSR count). The molecular formula is C39H52N8O4. The number of H-pyrrole nitrogens is 2. The predicted molar refractivity (Wildman–Crippen MR) is 196 cm³/mol. The van der Waals surface area contributed by atoms with Crippen LogP contribution in [0, 0.1) is 17.8 Å². The SMILES string of the molecule is [2H]N1C(c2ccc3nc(C4CCCN4C(=O)C(C)C(C)C)[nH]c3c2)CCC1c1ccc2nc(C3CCCN3C(=O)C(NC(=O)OC)C(C)C)[nH]c2c1. The average molecular weight is 698 g/mol. The molecule has 4 N–H and O–H groups in total. The number of carbonyl (C=O) groups is 3. The summed E-state index contributed by atoms with van der Waals surface area (Å²) in [6, 6.07) is 11.3. The molecule has 2 aromatic carbocycles. The number of alkyl carbamates (subject to hydrolysis) is 1. The van der Waals surface area contributed by atoms with Crippen molar-refractivity contribution in [3.63, 3.8) is 0 Å². The van der Waals surface area contributed by atoms with E-state index in [9.17, 15) is 15.8 Å². The molecule has 272 valence electrons. The number of likely N-dealkylation sites (tertiary alicyclic amines) is 2. The van der Waals surface area contributed by atoms with Crippen molar-refractivity contribution >= 4 is 40.0 Å². The van der Waals surface area contributed by atoms with Gasteiger partial charge in [0.25, 0.3) is 0 Å². The van der Waals surface area contributed by atoms with Gasteiger partial charge in [0.2, 0.25) is 11.8 Å². The predicted octanol–water partition coefficient (Wildman–Crippen LogP) is 6.60. The lowest BCUT2D eigenvalue weighted by molar-refractivity contribution is -0.137. The molecule has 51 heavy (non-hydrogen) atoms. The number of hydrogen-bond acceptors (Lipinski definition) is 7. The molecule has 3 aliphatic rings. The fourth-order valence-corrected chi connectivity index (χ4v) is 8.07. The van der Waals surface area contributed by atoms with E-state index < -0.39 is 12.1 Å². The van der Waals surface area contributed by atoms with Crippen LogP contribution >= 0.6 is 0 Å². The summed E-state index contributed by atoms with van der Waals surface area (Å²) < 4.78 is 14.0. The van der Waals surface area contributed by atoms with Crippen LogP contribution in [0.15, 0.2) is 36.4 Å². The highest BCUT2D eigenvalue weighted by Crippen LogP contribution is 2.38. The van der Waals surface area contributed by atoms with Crippen LogP contribution in [0.25, 0.3) is 22.1 Å². The van der Waals surface area contributed by atoms with E-state index in [1.165, 1.54) is 7.11 Å². The smallest absolute Gasteiger partial charge is 0.407 e. The first-order valence-electron chi connectivity index (χ1n) is 19.1. The van der Waals surface area contributed by atoms with E-state index in [4.69, 9.17) is 14.7 Å². The van der Waals surface area contributed by atoms with E-state index >= 15 is 0 Å². The van der Waals surface area contributed by atoms with Gasteiger partial charge < -0.3 is 35.1 Å². The van der Waals surface area contributed by atoms with Crippen molar-refractivity contribution in [3.05, 3.63) is 59.2 Å². The van der Waals surface area contributed by atoms with Crippen molar-refractivity contribution in [2.24, 2.45) is 17.8 Å². The number of aromatic nitrogens is 4. The van der Waals surface area contributed by atoms with Crippen LogP contribution in [0.1, 0.15) is 120 Å². The summed E-state index contributed by atoms with van der Waals surface area (Å²) in [7, 11) is 1.30. The number of nitrogens with one attached hydrogen (secondary N) is 4.